The molecule has 55 valence electrons. The Kier molecular flexibility index (Phi) is 2.32. The Morgan fingerprint density at radius 2 is 2.50 bits per heavy atom. The van der Waals surface area contributed by atoms with Gasteiger partial charge in [0.1, 0.15) is 10.7 Å². The Hall–Kier alpha value is -0.510. The molecule has 0 aliphatic heterocycles. The summed E-state index contributed by atoms with van der Waals surface area (Å²) in [6.07, 6.45) is 2.73. The van der Waals surface area contributed by atoms with Crippen molar-refractivity contribution in [3.63, 3.8) is 0 Å². The molecule has 0 amide bonds. The molecule has 10 heavy (non-hydrogen) atoms. The van der Waals surface area contributed by atoms with Crippen LogP contribution in [0.2, 0.25) is 0 Å². The van der Waals surface area contributed by atoms with Gasteiger partial charge in [-0.2, -0.15) is 5.10 Å². The van der Waals surface area contributed by atoms with Crippen molar-refractivity contribution in [1.82, 2.24) is 9.78 Å². The molecule has 0 saturated heterocycles. The average molecular weight is 204 g/mol. The molecule has 0 fully saturated rings. The van der Waals surface area contributed by atoms with E-state index in [-0.39, 0.29) is 0 Å². The van der Waals surface area contributed by atoms with Crippen LogP contribution in [0.1, 0.15) is 6.92 Å². The molecule has 0 aliphatic rings. The standard InChI is InChI=1S/C6H8BrN2O/c1-3-10-6-5(7)4-8-9(6)2/h3H2,1-2H3. The van der Waals surface area contributed by atoms with Crippen molar-refractivity contribution in [1.29, 1.82) is 0 Å². The number of halogens is 1. The molecule has 0 bridgehead atoms. The third-order valence-corrected chi connectivity index (χ3v) is 1.58. The molecule has 1 aromatic heterocycles. The van der Waals surface area contributed by atoms with E-state index in [2.05, 4.69) is 27.2 Å². The molecule has 3 nitrogen and oxygen atoms in total. The van der Waals surface area contributed by atoms with E-state index in [4.69, 9.17) is 4.74 Å². The summed E-state index contributed by atoms with van der Waals surface area (Å²) in [6, 6.07) is 0. The fraction of sp³-hybridized carbons (Fsp3) is 0.500. The summed E-state index contributed by atoms with van der Waals surface area (Å²) in [7, 11) is 1.81. The van der Waals surface area contributed by atoms with Gasteiger partial charge in [0.2, 0.25) is 5.88 Å². The monoisotopic (exact) mass is 203 g/mol. The summed E-state index contributed by atoms with van der Waals surface area (Å²) in [5.41, 5.74) is 0. The van der Waals surface area contributed by atoms with Crippen LogP contribution >= 0.6 is 15.9 Å². The van der Waals surface area contributed by atoms with Gasteiger partial charge >= 0.3 is 0 Å². The van der Waals surface area contributed by atoms with E-state index < -0.39 is 0 Å². The first-order valence-electron chi connectivity index (χ1n) is 2.98. The Morgan fingerprint density at radius 1 is 1.80 bits per heavy atom. The summed E-state index contributed by atoms with van der Waals surface area (Å²) in [4.78, 5) is 0. The van der Waals surface area contributed by atoms with Gasteiger partial charge in [0.05, 0.1) is 6.61 Å². The first kappa shape index (κ1) is 7.60. The second-order valence-corrected chi connectivity index (χ2v) is 2.58. The second-order valence-electron chi connectivity index (χ2n) is 1.79. The van der Waals surface area contributed by atoms with E-state index in [0.717, 1.165) is 10.4 Å². The minimum Gasteiger partial charge on any atom is -0.477 e. The van der Waals surface area contributed by atoms with Crippen LogP contribution in [-0.2, 0) is 7.05 Å². The minimum atomic E-state index is 0.645. The normalized spacial score (nSPS) is 9.90. The second kappa shape index (κ2) is 3.05. The van der Waals surface area contributed by atoms with Crippen molar-refractivity contribution in [3.05, 3.63) is 10.7 Å². The maximum Gasteiger partial charge on any atom is 0.226 e. The number of ether oxygens (including phenoxy) is 1. The largest absolute Gasteiger partial charge is 0.477 e. The van der Waals surface area contributed by atoms with Gasteiger partial charge in [0.25, 0.3) is 0 Å². The van der Waals surface area contributed by atoms with Crippen LogP contribution in [0.4, 0.5) is 0 Å². The zero-order valence-electron chi connectivity index (χ0n) is 5.89. The van der Waals surface area contributed by atoms with Crippen molar-refractivity contribution in [3.8, 4) is 5.88 Å². The number of nitrogens with zero attached hydrogens (tertiary/aromatic N) is 2. The maximum atomic E-state index is 5.23. The summed E-state index contributed by atoms with van der Waals surface area (Å²) in [6.45, 7) is 2.57. The zero-order chi connectivity index (χ0) is 7.56. The number of hydrogen-bond acceptors (Lipinski definition) is 2. The first-order valence-corrected chi connectivity index (χ1v) is 3.78. The third kappa shape index (κ3) is 1.31. The Balaban J connectivity index is 2.87. The van der Waals surface area contributed by atoms with Gasteiger partial charge in [-0.1, -0.05) is 0 Å². The summed E-state index contributed by atoms with van der Waals surface area (Å²) >= 11 is 3.25. The van der Waals surface area contributed by atoms with Crippen LogP contribution in [0.3, 0.4) is 0 Å². The van der Waals surface area contributed by atoms with E-state index >= 15 is 0 Å². The predicted octanol–water partition coefficient (Wildman–Crippen LogP) is 1.38. The van der Waals surface area contributed by atoms with Gasteiger partial charge in [0.15, 0.2) is 0 Å². The number of rotatable bonds is 2. The maximum absolute atomic E-state index is 5.23. The molecule has 0 unspecified atom stereocenters. The summed E-state index contributed by atoms with van der Waals surface area (Å²) in [5.74, 6) is 0.725. The van der Waals surface area contributed by atoms with Crippen molar-refractivity contribution < 1.29 is 4.74 Å². The highest BCUT2D eigenvalue weighted by molar-refractivity contribution is 9.10. The van der Waals surface area contributed by atoms with Crippen LogP contribution < -0.4 is 4.74 Å². The third-order valence-electron chi connectivity index (χ3n) is 1.06. The van der Waals surface area contributed by atoms with Gasteiger partial charge in [0, 0.05) is 7.05 Å². The van der Waals surface area contributed by atoms with Crippen LogP contribution in [-0.4, -0.2) is 16.4 Å². The van der Waals surface area contributed by atoms with Crippen molar-refractivity contribution in [2.45, 2.75) is 6.92 Å². The van der Waals surface area contributed by atoms with Crippen molar-refractivity contribution in [2.75, 3.05) is 6.61 Å². The number of hydrogen-bond donors (Lipinski definition) is 0. The first-order chi connectivity index (χ1) is 4.75. The zero-order valence-corrected chi connectivity index (χ0v) is 7.47. The highest BCUT2D eigenvalue weighted by atomic mass is 79.9. The number of aromatic nitrogens is 2. The van der Waals surface area contributed by atoms with Gasteiger partial charge in [-0.25, -0.2) is 4.68 Å². The molecule has 1 rings (SSSR count). The molecule has 0 saturated carbocycles. The molecule has 0 spiro atoms. The van der Waals surface area contributed by atoms with Gasteiger partial charge in [-0.05, 0) is 22.9 Å². The van der Waals surface area contributed by atoms with Crippen LogP contribution in [0, 0.1) is 6.20 Å². The molecule has 4 heteroatoms. The van der Waals surface area contributed by atoms with Gasteiger partial charge < -0.3 is 4.74 Å². The van der Waals surface area contributed by atoms with E-state index in [0.29, 0.717) is 6.61 Å². The Labute approximate surface area is 68.1 Å². The molecule has 0 aliphatic carbocycles. The smallest absolute Gasteiger partial charge is 0.226 e. The SMILES string of the molecule is CCOc1c(Br)[c]nn1C. The Bertz CT molecular complexity index is 202. The topological polar surface area (TPSA) is 27.1 Å². The molecule has 0 N–H and O–H groups in total. The average Bonchev–Trinajstić information content (AvgIpc) is 2.20. The number of aryl methyl sites for hydroxylation is 1. The molecular weight excluding hydrogens is 196 g/mol. The molecular formula is C6H8BrN2O. The minimum absolute atomic E-state index is 0.645. The van der Waals surface area contributed by atoms with Crippen molar-refractivity contribution >= 4 is 15.9 Å². The Morgan fingerprint density at radius 3 is 2.90 bits per heavy atom. The predicted molar refractivity (Wildman–Crippen MR) is 40.9 cm³/mol. The van der Waals surface area contributed by atoms with Crippen LogP contribution in [0.25, 0.3) is 0 Å². The van der Waals surface area contributed by atoms with E-state index in [9.17, 15) is 0 Å². The van der Waals surface area contributed by atoms with Crippen molar-refractivity contribution in [2.24, 2.45) is 7.05 Å². The molecule has 1 aromatic rings. The lowest BCUT2D eigenvalue weighted by molar-refractivity contribution is 0.307. The lowest BCUT2D eigenvalue weighted by Gasteiger charge is -2.01. The molecule has 0 atom stereocenters. The fourth-order valence-corrected chi connectivity index (χ4v) is 1.10. The summed E-state index contributed by atoms with van der Waals surface area (Å²) in [5, 5.41) is 3.85. The summed E-state index contributed by atoms with van der Waals surface area (Å²) < 4.78 is 7.64. The van der Waals surface area contributed by atoms with Gasteiger partial charge in [-0.15, -0.1) is 0 Å². The van der Waals surface area contributed by atoms with E-state index in [1.54, 1.807) is 4.68 Å². The van der Waals surface area contributed by atoms with Gasteiger partial charge in [-0.3, -0.25) is 0 Å². The lowest BCUT2D eigenvalue weighted by atomic mass is 10.7. The van der Waals surface area contributed by atoms with E-state index in [1.165, 1.54) is 0 Å². The molecule has 1 heterocycles. The highest BCUT2D eigenvalue weighted by Crippen LogP contribution is 2.21. The fourth-order valence-electron chi connectivity index (χ4n) is 0.648. The van der Waals surface area contributed by atoms with Crippen LogP contribution in [0.15, 0.2) is 4.47 Å². The quantitative estimate of drug-likeness (QED) is 0.727. The molecule has 1 radical (unpaired) electrons. The molecule has 0 aromatic carbocycles. The van der Waals surface area contributed by atoms with E-state index in [1.807, 2.05) is 14.0 Å². The highest BCUT2D eigenvalue weighted by Gasteiger charge is 2.05. The van der Waals surface area contributed by atoms with Crippen LogP contribution in [0.5, 0.6) is 5.88 Å². The lowest BCUT2D eigenvalue weighted by Crippen LogP contribution is -1.99.